The molecule has 0 heterocycles. The third-order valence-corrected chi connectivity index (χ3v) is 15.1. The first-order valence-corrected chi connectivity index (χ1v) is 20.9. The molecule has 0 saturated heterocycles. The van der Waals surface area contributed by atoms with Gasteiger partial charge in [-0.25, -0.2) is 8.42 Å². The Morgan fingerprint density at radius 2 is 0.957 bits per heavy atom. The van der Waals surface area contributed by atoms with Gasteiger partial charge in [0.2, 0.25) is 0 Å². The monoisotopic (exact) mass is 932 g/mol. The Morgan fingerprint density at radius 3 is 1.30 bits per heavy atom. The van der Waals surface area contributed by atoms with E-state index in [4.69, 9.17) is 17.7 Å². The maximum absolute atomic E-state index is 12.5. The van der Waals surface area contributed by atoms with Crippen molar-refractivity contribution < 1.29 is 76.2 Å². The minimum Gasteiger partial charge on any atom is -0.741 e. The number of ether oxygens (including phenoxy) is 1. The molecule has 47 heavy (non-hydrogen) atoms. The van der Waals surface area contributed by atoms with Gasteiger partial charge in [0.05, 0.1) is 0 Å². The molecular weight excluding hydrogens is 904 g/mol. The molecule has 17 heteroatoms. The maximum atomic E-state index is 12.5. The zero-order chi connectivity index (χ0) is 35.5. The summed E-state index contributed by atoms with van der Waals surface area (Å²) >= 11 is -3.27. The molecular formula is C30H28F6I2O7S2. The van der Waals surface area contributed by atoms with Crippen LogP contribution in [-0.4, -0.2) is 38.0 Å². The van der Waals surface area contributed by atoms with Crippen LogP contribution in [0.3, 0.4) is 0 Å². The van der Waals surface area contributed by atoms with Crippen LogP contribution >= 0.6 is 20.2 Å². The van der Waals surface area contributed by atoms with Gasteiger partial charge in [0.15, 0.2) is 17.3 Å². The van der Waals surface area contributed by atoms with E-state index in [2.05, 4.69) is 77.9 Å². The zero-order valence-electron chi connectivity index (χ0n) is 24.7. The van der Waals surface area contributed by atoms with Crippen LogP contribution in [0, 0.1) is 14.3 Å². The molecule has 0 aromatic heterocycles. The summed E-state index contributed by atoms with van der Waals surface area (Å²) in [6, 6.07) is 35.4. The number of halogens is 8. The molecule has 0 unspecified atom stereocenters. The SMILES string of the molecule is CC(C)(C)Oc1ccc([I+]c2ccccc2)cc1.O=S(=O)(OI(c1ccccc1)c1ccccc1)C(F)(F)F.O=S(=O)([O-])C(F)(F)F. The van der Waals surface area contributed by atoms with E-state index in [-0.39, 0.29) is 26.8 Å². The van der Waals surface area contributed by atoms with Crippen molar-refractivity contribution >= 4 is 40.5 Å². The summed E-state index contributed by atoms with van der Waals surface area (Å²) in [6.07, 6.45) is 0. The molecule has 0 atom stereocenters. The average Bonchev–Trinajstić information content (AvgIpc) is 2.97. The Morgan fingerprint density at radius 1 is 0.596 bits per heavy atom. The van der Waals surface area contributed by atoms with Gasteiger partial charge in [-0.15, -0.1) is 0 Å². The molecule has 4 aromatic carbocycles. The molecule has 0 N–H and O–H groups in total. The van der Waals surface area contributed by atoms with Crippen LogP contribution in [0.1, 0.15) is 20.8 Å². The van der Waals surface area contributed by atoms with Gasteiger partial charge in [0.1, 0.15) is 11.4 Å². The van der Waals surface area contributed by atoms with Crippen molar-refractivity contribution in [3.8, 4) is 5.75 Å². The number of alkyl halides is 6. The van der Waals surface area contributed by atoms with Gasteiger partial charge >= 0.3 is 154 Å². The van der Waals surface area contributed by atoms with Crippen molar-refractivity contribution in [2.45, 2.75) is 37.4 Å². The van der Waals surface area contributed by atoms with Crippen molar-refractivity contribution in [1.29, 1.82) is 0 Å². The van der Waals surface area contributed by atoms with E-state index < -0.39 is 51.5 Å². The first-order chi connectivity index (χ1) is 21.6. The van der Waals surface area contributed by atoms with Crippen LogP contribution in [0.5, 0.6) is 5.75 Å². The summed E-state index contributed by atoms with van der Waals surface area (Å²) in [6.45, 7) is 6.20. The maximum Gasteiger partial charge on any atom is 0.485 e. The Hall–Kier alpha value is -2.46. The fourth-order valence-corrected chi connectivity index (χ4v) is 11.6. The first-order valence-electron chi connectivity index (χ1n) is 12.9. The van der Waals surface area contributed by atoms with E-state index in [0.717, 1.165) is 5.75 Å². The quantitative estimate of drug-likeness (QED) is 0.111. The predicted molar refractivity (Wildman–Crippen MR) is 167 cm³/mol. The van der Waals surface area contributed by atoms with E-state index in [1.165, 1.54) is 7.14 Å². The minimum atomic E-state index is -6.09. The molecule has 0 aliphatic rings. The van der Waals surface area contributed by atoms with Crippen LogP contribution in [0.2, 0.25) is 0 Å². The Bertz CT molecular complexity index is 1700. The molecule has 4 aromatic rings. The summed E-state index contributed by atoms with van der Waals surface area (Å²) in [5, 5.41) is 0. The van der Waals surface area contributed by atoms with Gasteiger partial charge in [-0.05, 0) is 57.2 Å². The summed E-state index contributed by atoms with van der Waals surface area (Å²) in [4.78, 5) is 0. The third kappa shape index (κ3) is 14.7. The molecule has 0 saturated carbocycles. The van der Waals surface area contributed by atoms with Gasteiger partial charge in [-0.1, -0.05) is 18.2 Å². The van der Waals surface area contributed by atoms with Gasteiger partial charge in [-0.3, -0.25) is 0 Å². The second kappa shape index (κ2) is 17.3. The first kappa shape index (κ1) is 40.7. The van der Waals surface area contributed by atoms with Crippen LogP contribution in [0.25, 0.3) is 0 Å². The molecule has 7 nitrogen and oxygen atoms in total. The average molecular weight is 932 g/mol. The van der Waals surface area contributed by atoms with Crippen LogP contribution in [0.15, 0.2) is 115 Å². The van der Waals surface area contributed by atoms with Gasteiger partial charge < -0.3 is 9.29 Å². The van der Waals surface area contributed by atoms with E-state index >= 15 is 0 Å². The number of rotatable bonds is 7. The van der Waals surface area contributed by atoms with Crippen LogP contribution < -0.4 is 25.9 Å². The normalized spacial score (nSPS) is 12.5. The second-order valence-corrected chi connectivity index (χ2v) is 20.7. The fourth-order valence-electron chi connectivity index (χ4n) is 2.90. The van der Waals surface area contributed by atoms with Crippen molar-refractivity contribution in [2.24, 2.45) is 0 Å². The van der Waals surface area contributed by atoms with Crippen molar-refractivity contribution in [3.05, 3.63) is 130 Å². The molecule has 0 aliphatic heterocycles. The van der Waals surface area contributed by atoms with Crippen molar-refractivity contribution in [3.63, 3.8) is 0 Å². The summed E-state index contributed by atoms with van der Waals surface area (Å²) < 4.78 is 133. The minimum absolute atomic E-state index is 0.0737. The Balaban J connectivity index is 0.000000269. The summed E-state index contributed by atoms with van der Waals surface area (Å²) in [7, 11) is -11.7. The van der Waals surface area contributed by atoms with Gasteiger partial charge in [0, 0.05) is 0 Å². The van der Waals surface area contributed by atoms with E-state index in [9.17, 15) is 34.8 Å². The van der Waals surface area contributed by atoms with Gasteiger partial charge in [0.25, 0.3) is 0 Å². The second-order valence-electron chi connectivity index (χ2n) is 9.76. The van der Waals surface area contributed by atoms with Crippen molar-refractivity contribution in [1.82, 2.24) is 0 Å². The number of hydrogen-bond acceptors (Lipinski definition) is 7. The molecule has 0 radical (unpaired) electrons. The van der Waals surface area contributed by atoms with E-state index in [0.29, 0.717) is 7.14 Å². The molecule has 4 rings (SSSR count). The van der Waals surface area contributed by atoms with E-state index in [1.54, 1.807) is 60.7 Å². The van der Waals surface area contributed by atoms with Crippen molar-refractivity contribution in [2.75, 3.05) is 0 Å². The summed E-state index contributed by atoms with van der Waals surface area (Å²) in [5.74, 6) is 0.948. The summed E-state index contributed by atoms with van der Waals surface area (Å²) in [5.41, 5.74) is -11.2. The van der Waals surface area contributed by atoms with Gasteiger partial charge in [-0.2, -0.15) is 13.2 Å². The molecule has 0 fully saturated rings. The Labute approximate surface area is 287 Å². The van der Waals surface area contributed by atoms with Crippen LogP contribution in [0.4, 0.5) is 26.3 Å². The van der Waals surface area contributed by atoms with Crippen LogP contribution in [-0.2, 0) is 22.7 Å². The predicted octanol–water partition coefficient (Wildman–Crippen LogP) is 5.06. The standard InChI is InChI=1S/C16H18IO.C13H10F3IO3S.CHF3O3S/c1-16(2,3)18-15-11-9-14(10-12-15)17-13-7-5-4-6-8-13;14-13(15,16)21(18,19)20-17(11-7-3-1-4-8-11)12-9-5-2-6-10-12;2-1(3,4)8(5,6)7/h4-12H,1-3H3;1-10H;(H,5,6,7)/q+1;;/p-1. The smallest absolute Gasteiger partial charge is 0.485 e. The van der Waals surface area contributed by atoms with E-state index in [1.807, 2.05) is 0 Å². The Kier molecular flexibility index (Phi) is 15.0. The molecule has 0 amide bonds. The molecule has 258 valence electrons. The number of benzene rings is 4. The fraction of sp³-hybridized carbons (Fsp3) is 0.200. The number of hydrogen-bond donors (Lipinski definition) is 0. The zero-order valence-corrected chi connectivity index (χ0v) is 30.6. The molecule has 0 bridgehead atoms. The third-order valence-electron chi connectivity index (χ3n) is 4.76. The largest absolute Gasteiger partial charge is 0.741 e. The topological polar surface area (TPSA) is 110 Å². The molecule has 0 spiro atoms. The molecule has 0 aliphatic carbocycles.